The molecule has 0 saturated carbocycles. The van der Waals surface area contributed by atoms with Crippen molar-refractivity contribution < 1.29 is 14.8 Å². The highest BCUT2D eigenvalue weighted by Crippen LogP contribution is 2.18. The van der Waals surface area contributed by atoms with Crippen molar-refractivity contribution in [2.75, 3.05) is 4.43 Å². The van der Waals surface area contributed by atoms with Crippen LogP contribution in [0.2, 0.25) is 0 Å². The third-order valence-corrected chi connectivity index (χ3v) is 1.85. The smallest absolute Gasteiger partial charge is 0.253 e. The van der Waals surface area contributed by atoms with E-state index in [9.17, 15) is 30.3 Å². The second-order valence-electron chi connectivity index (χ2n) is 1.98. The molecule has 0 aliphatic rings. The first kappa shape index (κ1) is 11.9. The van der Waals surface area contributed by atoms with E-state index >= 15 is 0 Å². The largest absolute Gasteiger partial charge is 0.700 e. The quantitative estimate of drug-likeness (QED) is 0.236. The summed E-state index contributed by atoms with van der Waals surface area (Å²) in [5.41, 5.74) is 0. The van der Waals surface area contributed by atoms with Crippen LogP contribution in [0.4, 0.5) is 0 Å². The average Bonchev–Trinajstić information content (AvgIpc) is 1.97. The summed E-state index contributed by atoms with van der Waals surface area (Å²) in [7, 11) is 0. The summed E-state index contributed by atoms with van der Waals surface area (Å²) >= 11 is 1.60. The molecule has 0 amide bonds. The van der Waals surface area contributed by atoms with Crippen LogP contribution in [-0.4, -0.2) is 25.0 Å². The van der Waals surface area contributed by atoms with Crippen LogP contribution in [0.3, 0.4) is 0 Å². The molecule has 0 saturated heterocycles. The van der Waals surface area contributed by atoms with Gasteiger partial charge in [-0.3, -0.25) is 30.3 Å². The van der Waals surface area contributed by atoms with E-state index in [1.54, 1.807) is 22.6 Å². The Labute approximate surface area is 84.7 Å². The molecule has 0 unspecified atom stereocenters. The van der Waals surface area contributed by atoms with E-state index in [4.69, 9.17) is 0 Å². The van der Waals surface area contributed by atoms with E-state index < -0.39 is 27.0 Å². The molecule has 0 bridgehead atoms. The maximum absolute atomic E-state index is 10.2. The first-order valence-corrected chi connectivity index (χ1v) is 4.41. The molecule has 10 heteroatoms. The van der Waals surface area contributed by atoms with Gasteiger partial charge in [0.15, 0.2) is 21.2 Å². The van der Waals surface area contributed by atoms with Crippen LogP contribution < -0.4 is 0 Å². The van der Waals surface area contributed by atoms with Gasteiger partial charge in [0.25, 0.3) is 0 Å². The molecular weight excluding hydrogens is 301 g/mol. The molecular formula is C3H4IN3O6. The Morgan fingerprint density at radius 3 is 1.38 bits per heavy atom. The fraction of sp³-hybridized carbons (Fsp3) is 1.00. The SMILES string of the molecule is O=[N+]([O-])C(CCI)([N+](=O)[O-])[N+](=O)[O-]. The molecule has 0 aromatic carbocycles. The average molecular weight is 305 g/mol. The van der Waals surface area contributed by atoms with Crippen LogP contribution in [0, 0.1) is 30.3 Å². The van der Waals surface area contributed by atoms with Gasteiger partial charge in [-0.25, -0.2) is 0 Å². The minimum atomic E-state index is -3.29. The van der Waals surface area contributed by atoms with Gasteiger partial charge in [-0.2, -0.15) is 0 Å². The van der Waals surface area contributed by atoms with Crippen molar-refractivity contribution >= 4 is 22.6 Å². The molecule has 0 fully saturated rings. The molecule has 13 heavy (non-hydrogen) atoms. The van der Waals surface area contributed by atoms with E-state index in [1.165, 1.54) is 0 Å². The van der Waals surface area contributed by atoms with E-state index in [0.29, 0.717) is 0 Å². The molecule has 0 aliphatic heterocycles. The molecule has 0 radical (unpaired) electrons. The molecule has 0 N–H and O–H groups in total. The summed E-state index contributed by atoms with van der Waals surface area (Å²) in [5, 5.41) is 30.6. The maximum Gasteiger partial charge on any atom is 0.700 e. The van der Waals surface area contributed by atoms with E-state index in [1.807, 2.05) is 0 Å². The second-order valence-corrected chi connectivity index (χ2v) is 3.06. The third kappa shape index (κ3) is 1.99. The topological polar surface area (TPSA) is 129 Å². The van der Waals surface area contributed by atoms with Gasteiger partial charge in [0, 0.05) is 4.43 Å². The summed E-state index contributed by atoms with van der Waals surface area (Å²) in [6.45, 7) is 0. The van der Waals surface area contributed by atoms with Crippen LogP contribution in [0.25, 0.3) is 0 Å². The van der Waals surface area contributed by atoms with E-state index in [-0.39, 0.29) is 4.43 Å². The summed E-state index contributed by atoms with van der Waals surface area (Å²) in [6, 6.07) is 0. The lowest BCUT2D eigenvalue weighted by atomic mass is 10.3. The van der Waals surface area contributed by atoms with Crippen molar-refractivity contribution in [3.8, 4) is 0 Å². The summed E-state index contributed by atoms with van der Waals surface area (Å²) in [4.78, 5) is 26.2. The molecule has 74 valence electrons. The minimum absolute atomic E-state index is 0.0410. The number of alkyl halides is 1. The number of nitro groups is 3. The molecule has 0 aromatic rings. The molecule has 0 spiro atoms. The van der Waals surface area contributed by atoms with Gasteiger partial charge in [0.2, 0.25) is 0 Å². The van der Waals surface area contributed by atoms with Crippen molar-refractivity contribution in [2.24, 2.45) is 0 Å². The fourth-order valence-electron chi connectivity index (χ4n) is 0.601. The zero-order valence-electron chi connectivity index (χ0n) is 6.08. The molecule has 0 rings (SSSR count). The van der Waals surface area contributed by atoms with Gasteiger partial charge in [-0.1, -0.05) is 22.6 Å². The number of hydrogen-bond acceptors (Lipinski definition) is 6. The Balaban J connectivity index is 5.18. The minimum Gasteiger partial charge on any atom is -0.253 e. The molecule has 9 nitrogen and oxygen atoms in total. The van der Waals surface area contributed by atoms with Crippen molar-refractivity contribution in [3.05, 3.63) is 30.3 Å². The number of rotatable bonds is 5. The van der Waals surface area contributed by atoms with Crippen molar-refractivity contribution in [1.29, 1.82) is 0 Å². The molecule has 0 heterocycles. The number of nitrogens with zero attached hydrogens (tertiary/aromatic N) is 3. The van der Waals surface area contributed by atoms with Crippen molar-refractivity contribution in [1.82, 2.24) is 0 Å². The Bertz CT molecular complexity index is 217. The molecule has 0 atom stereocenters. The highest BCUT2D eigenvalue weighted by atomic mass is 127. The van der Waals surface area contributed by atoms with Gasteiger partial charge in [0.05, 0.1) is 0 Å². The normalized spacial score (nSPS) is 10.8. The Morgan fingerprint density at radius 2 is 1.31 bits per heavy atom. The standard InChI is InChI=1S/C3H4IN3O6/c4-2-1-3(5(8)9,6(10)11)7(12)13/h1-2H2. The van der Waals surface area contributed by atoms with Crippen LogP contribution in [0.15, 0.2) is 0 Å². The lowest BCUT2D eigenvalue weighted by Crippen LogP contribution is -2.53. The Kier molecular flexibility index (Phi) is 3.90. The van der Waals surface area contributed by atoms with Crippen LogP contribution >= 0.6 is 22.6 Å². The lowest BCUT2D eigenvalue weighted by molar-refractivity contribution is -0.969. The van der Waals surface area contributed by atoms with E-state index in [0.717, 1.165) is 0 Å². The Hall–Kier alpha value is -1.07. The maximum atomic E-state index is 10.2. The zero-order chi connectivity index (χ0) is 10.6. The highest BCUT2D eigenvalue weighted by Gasteiger charge is 2.69. The van der Waals surface area contributed by atoms with Crippen LogP contribution in [-0.2, 0) is 0 Å². The summed E-state index contributed by atoms with van der Waals surface area (Å²) in [6.07, 6.45) is -0.736. The van der Waals surface area contributed by atoms with Gasteiger partial charge in [-0.05, 0) is 0 Å². The third-order valence-electron chi connectivity index (χ3n) is 1.31. The van der Waals surface area contributed by atoms with Gasteiger partial charge in [-0.15, -0.1) is 0 Å². The Morgan fingerprint density at radius 1 is 1.00 bits per heavy atom. The first-order valence-electron chi connectivity index (χ1n) is 2.89. The lowest BCUT2D eigenvalue weighted by Gasteiger charge is -2.06. The fourth-order valence-corrected chi connectivity index (χ4v) is 1.32. The van der Waals surface area contributed by atoms with Gasteiger partial charge >= 0.3 is 5.79 Å². The van der Waals surface area contributed by atoms with Crippen LogP contribution in [0.1, 0.15) is 6.42 Å². The first-order chi connectivity index (χ1) is 5.89. The predicted octanol–water partition coefficient (Wildman–Crippen LogP) is 0.295. The summed E-state index contributed by atoms with van der Waals surface area (Å²) < 4.78 is -0.0410. The van der Waals surface area contributed by atoms with Crippen LogP contribution in [0.5, 0.6) is 0 Å². The van der Waals surface area contributed by atoms with Gasteiger partial charge < -0.3 is 0 Å². The van der Waals surface area contributed by atoms with Gasteiger partial charge in [0.1, 0.15) is 0 Å². The van der Waals surface area contributed by atoms with E-state index in [2.05, 4.69) is 0 Å². The van der Waals surface area contributed by atoms with Crippen molar-refractivity contribution in [2.45, 2.75) is 12.2 Å². The van der Waals surface area contributed by atoms with Crippen molar-refractivity contribution in [3.63, 3.8) is 0 Å². The molecule has 0 aliphatic carbocycles. The monoisotopic (exact) mass is 305 g/mol. The highest BCUT2D eigenvalue weighted by molar-refractivity contribution is 14.1. The summed E-state index contributed by atoms with van der Waals surface area (Å²) in [5.74, 6) is -3.29. The molecule has 0 aromatic heterocycles. The number of hydrogen-bond donors (Lipinski definition) is 0. The predicted molar refractivity (Wildman–Crippen MR) is 47.2 cm³/mol. The zero-order valence-corrected chi connectivity index (χ0v) is 8.24. The second kappa shape index (κ2) is 4.25. The number of halogens is 1.